The third-order valence-corrected chi connectivity index (χ3v) is 4.55. The average Bonchev–Trinajstić information content (AvgIpc) is 2.61. The fourth-order valence-corrected chi connectivity index (χ4v) is 3.30. The van der Waals surface area contributed by atoms with Crippen molar-refractivity contribution in [2.24, 2.45) is 0 Å². The molecule has 130 valence electrons. The van der Waals surface area contributed by atoms with Crippen molar-refractivity contribution in [2.45, 2.75) is 39.2 Å². The summed E-state index contributed by atoms with van der Waals surface area (Å²) in [5.41, 5.74) is 4.08. The van der Waals surface area contributed by atoms with Crippen LogP contribution in [-0.2, 0) is 11.2 Å². The van der Waals surface area contributed by atoms with E-state index in [2.05, 4.69) is 18.3 Å². The van der Waals surface area contributed by atoms with Crippen molar-refractivity contribution in [3.8, 4) is 0 Å². The lowest BCUT2D eigenvalue weighted by molar-refractivity contribution is -0.119. The minimum atomic E-state index is -0.212. The monoisotopic (exact) mass is 336 g/mol. The fraction of sp³-hybridized carbons (Fsp3) is 0.333. The number of rotatable bonds is 4. The van der Waals surface area contributed by atoms with Crippen molar-refractivity contribution in [3.63, 3.8) is 0 Å². The van der Waals surface area contributed by atoms with E-state index in [-0.39, 0.29) is 17.9 Å². The van der Waals surface area contributed by atoms with E-state index in [0.29, 0.717) is 12.0 Å². The van der Waals surface area contributed by atoms with Crippen molar-refractivity contribution in [3.05, 3.63) is 65.2 Å². The number of hydrogen-bond acceptors (Lipinski definition) is 2. The Morgan fingerprint density at radius 2 is 1.92 bits per heavy atom. The van der Waals surface area contributed by atoms with E-state index in [9.17, 15) is 9.59 Å². The molecule has 2 aromatic rings. The van der Waals surface area contributed by atoms with E-state index in [1.165, 1.54) is 11.1 Å². The van der Waals surface area contributed by atoms with Crippen LogP contribution in [0.1, 0.15) is 41.3 Å². The standard InChI is InChI=1S/C21H24N2O2/c1-15-10-11-19-18(13-15)9-6-12-23(19)20(24)14-16(2)22-21(25)17-7-4-3-5-8-17/h3-5,7-8,10-11,13,16H,6,9,12,14H2,1-2H3,(H,22,25). The molecule has 0 bridgehead atoms. The van der Waals surface area contributed by atoms with Gasteiger partial charge < -0.3 is 10.2 Å². The minimum Gasteiger partial charge on any atom is -0.349 e. The molecule has 4 nitrogen and oxygen atoms in total. The second kappa shape index (κ2) is 7.51. The molecule has 0 spiro atoms. The molecule has 1 N–H and O–H groups in total. The molecule has 2 aromatic carbocycles. The number of aryl methyl sites for hydroxylation is 2. The van der Waals surface area contributed by atoms with Crippen LogP contribution >= 0.6 is 0 Å². The predicted octanol–water partition coefficient (Wildman–Crippen LogP) is 3.48. The van der Waals surface area contributed by atoms with Gasteiger partial charge in [-0.15, -0.1) is 0 Å². The SMILES string of the molecule is Cc1ccc2c(c1)CCCN2C(=O)CC(C)NC(=O)c1ccccc1. The molecule has 0 saturated carbocycles. The first-order valence-corrected chi connectivity index (χ1v) is 8.80. The zero-order valence-corrected chi connectivity index (χ0v) is 14.8. The van der Waals surface area contributed by atoms with Crippen LogP contribution in [0.4, 0.5) is 5.69 Å². The second-order valence-corrected chi connectivity index (χ2v) is 6.73. The van der Waals surface area contributed by atoms with E-state index >= 15 is 0 Å². The van der Waals surface area contributed by atoms with E-state index in [1.54, 1.807) is 12.1 Å². The largest absolute Gasteiger partial charge is 0.349 e. The first-order chi connectivity index (χ1) is 12.0. The van der Waals surface area contributed by atoms with Crippen LogP contribution < -0.4 is 10.2 Å². The van der Waals surface area contributed by atoms with Gasteiger partial charge in [-0.2, -0.15) is 0 Å². The summed E-state index contributed by atoms with van der Waals surface area (Å²) in [6.07, 6.45) is 2.29. The topological polar surface area (TPSA) is 49.4 Å². The van der Waals surface area contributed by atoms with E-state index in [4.69, 9.17) is 0 Å². The normalized spacial score (nSPS) is 14.6. The highest BCUT2D eigenvalue weighted by Crippen LogP contribution is 2.28. The molecule has 0 fully saturated rings. The molecule has 0 aliphatic carbocycles. The number of anilines is 1. The summed E-state index contributed by atoms with van der Waals surface area (Å²) in [5.74, 6) is -0.0822. The van der Waals surface area contributed by atoms with Gasteiger partial charge in [-0.1, -0.05) is 35.9 Å². The molecule has 1 unspecified atom stereocenters. The van der Waals surface area contributed by atoms with Crippen molar-refractivity contribution < 1.29 is 9.59 Å². The lowest BCUT2D eigenvalue weighted by Gasteiger charge is -2.30. The Hall–Kier alpha value is -2.62. The van der Waals surface area contributed by atoms with Crippen LogP contribution in [0.15, 0.2) is 48.5 Å². The lowest BCUT2D eigenvalue weighted by Crippen LogP contribution is -2.41. The van der Waals surface area contributed by atoms with E-state index in [0.717, 1.165) is 25.1 Å². The zero-order valence-electron chi connectivity index (χ0n) is 14.8. The molecule has 25 heavy (non-hydrogen) atoms. The molecule has 1 aliphatic rings. The van der Waals surface area contributed by atoms with E-state index in [1.807, 2.05) is 42.2 Å². The highest BCUT2D eigenvalue weighted by Gasteiger charge is 2.24. The Morgan fingerprint density at radius 3 is 2.68 bits per heavy atom. The summed E-state index contributed by atoms with van der Waals surface area (Å²) in [7, 11) is 0. The second-order valence-electron chi connectivity index (χ2n) is 6.73. The molecule has 0 radical (unpaired) electrons. The van der Waals surface area contributed by atoms with Crippen LogP contribution in [0, 0.1) is 6.92 Å². The summed E-state index contributed by atoms with van der Waals surface area (Å²) in [6, 6.07) is 15.1. The number of benzene rings is 2. The molecule has 4 heteroatoms. The zero-order chi connectivity index (χ0) is 17.8. The van der Waals surface area contributed by atoms with Gasteiger partial charge in [0.2, 0.25) is 5.91 Å². The maximum atomic E-state index is 12.7. The highest BCUT2D eigenvalue weighted by atomic mass is 16.2. The summed E-state index contributed by atoms with van der Waals surface area (Å²) < 4.78 is 0. The van der Waals surface area contributed by atoms with Crippen LogP contribution in [0.25, 0.3) is 0 Å². The van der Waals surface area contributed by atoms with Gasteiger partial charge in [0.15, 0.2) is 0 Å². The van der Waals surface area contributed by atoms with Crippen LogP contribution in [0.2, 0.25) is 0 Å². The number of nitrogens with zero attached hydrogens (tertiary/aromatic N) is 1. The first kappa shape index (κ1) is 17.2. The van der Waals surface area contributed by atoms with Gasteiger partial charge in [0.1, 0.15) is 0 Å². The molecule has 0 aromatic heterocycles. The fourth-order valence-electron chi connectivity index (χ4n) is 3.30. The van der Waals surface area contributed by atoms with Gasteiger partial charge in [0.25, 0.3) is 5.91 Å². The Labute approximate surface area is 148 Å². The van der Waals surface area contributed by atoms with Crippen molar-refractivity contribution in [2.75, 3.05) is 11.4 Å². The summed E-state index contributed by atoms with van der Waals surface area (Å²) in [5, 5.41) is 2.91. The van der Waals surface area contributed by atoms with Gasteiger partial charge in [-0.25, -0.2) is 0 Å². The summed E-state index contributed by atoms with van der Waals surface area (Å²) in [6.45, 7) is 4.69. The number of hydrogen-bond donors (Lipinski definition) is 1. The van der Waals surface area contributed by atoms with Gasteiger partial charge in [-0.3, -0.25) is 9.59 Å². The maximum Gasteiger partial charge on any atom is 0.251 e. The Balaban J connectivity index is 1.64. The third-order valence-electron chi connectivity index (χ3n) is 4.55. The third kappa shape index (κ3) is 4.08. The number of fused-ring (bicyclic) bond motifs is 1. The Kier molecular flexibility index (Phi) is 5.17. The van der Waals surface area contributed by atoms with Crippen molar-refractivity contribution in [1.29, 1.82) is 0 Å². The molecular weight excluding hydrogens is 312 g/mol. The minimum absolute atomic E-state index is 0.0608. The van der Waals surface area contributed by atoms with Crippen LogP contribution in [0.3, 0.4) is 0 Å². The molecule has 2 amide bonds. The maximum absolute atomic E-state index is 12.7. The Morgan fingerprint density at radius 1 is 1.16 bits per heavy atom. The van der Waals surface area contributed by atoms with E-state index < -0.39 is 0 Å². The quantitative estimate of drug-likeness (QED) is 0.929. The number of nitrogens with one attached hydrogen (secondary N) is 1. The molecule has 3 rings (SSSR count). The highest BCUT2D eigenvalue weighted by molar-refractivity contribution is 5.97. The summed E-state index contributed by atoms with van der Waals surface area (Å²) in [4.78, 5) is 26.8. The van der Waals surface area contributed by atoms with Crippen LogP contribution in [-0.4, -0.2) is 24.4 Å². The number of carbonyl (C=O) groups is 2. The van der Waals surface area contributed by atoms with Crippen molar-refractivity contribution >= 4 is 17.5 Å². The van der Waals surface area contributed by atoms with Crippen LogP contribution in [0.5, 0.6) is 0 Å². The number of carbonyl (C=O) groups excluding carboxylic acids is 2. The predicted molar refractivity (Wildman–Crippen MR) is 99.8 cm³/mol. The number of amides is 2. The Bertz CT molecular complexity index is 771. The molecule has 1 heterocycles. The van der Waals surface area contributed by atoms with Gasteiger partial charge >= 0.3 is 0 Å². The van der Waals surface area contributed by atoms with Gasteiger partial charge in [0, 0.05) is 30.3 Å². The molecule has 1 atom stereocenters. The van der Waals surface area contributed by atoms with Gasteiger partial charge in [0.05, 0.1) is 0 Å². The molecule has 1 aliphatic heterocycles. The lowest BCUT2D eigenvalue weighted by atomic mass is 9.99. The smallest absolute Gasteiger partial charge is 0.251 e. The molecular formula is C21H24N2O2. The first-order valence-electron chi connectivity index (χ1n) is 8.80. The summed E-state index contributed by atoms with van der Waals surface area (Å²) >= 11 is 0. The van der Waals surface area contributed by atoms with Crippen molar-refractivity contribution in [1.82, 2.24) is 5.32 Å². The molecule has 0 saturated heterocycles. The average molecular weight is 336 g/mol. The van der Waals surface area contributed by atoms with Gasteiger partial charge in [-0.05, 0) is 50.5 Å².